The summed E-state index contributed by atoms with van der Waals surface area (Å²) >= 11 is 0. The predicted molar refractivity (Wildman–Crippen MR) is 66.1 cm³/mol. The van der Waals surface area contributed by atoms with Crippen molar-refractivity contribution in [1.82, 2.24) is 15.5 Å². The highest BCUT2D eigenvalue weighted by molar-refractivity contribution is 5.26. The van der Waals surface area contributed by atoms with E-state index >= 15 is 0 Å². The van der Waals surface area contributed by atoms with Crippen LogP contribution in [-0.4, -0.2) is 10.1 Å². The van der Waals surface area contributed by atoms with Crippen molar-refractivity contribution >= 4 is 0 Å². The Hall–Kier alpha value is -1.88. The zero-order valence-corrected chi connectivity index (χ0v) is 9.98. The van der Waals surface area contributed by atoms with E-state index in [4.69, 9.17) is 4.52 Å². The van der Waals surface area contributed by atoms with Crippen molar-refractivity contribution in [2.75, 3.05) is 0 Å². The molecule has 5 heteroatoms. The van der Waals surface area contributed by atoms with Gasteiger partial charge < -0.3 is 14.8 Å². The lowest BCUT2D eigenvalue weighted by atomic mass is 9.91. The molecule has 2 heterocycles. The summed E-state index contributed by atoms with van der Waals surface area (Å²) < 4.78 is 5.06. The average Bonchev–Trinajstić information content (AvgIpc) is 2.89. The molecule has 1 atom stereocenters. The fraction of sp³-hybridized carbons (Fsp3) is 0.385. The zero-order valence-electron chi connectivity index (χ0n) is 9.98. The number of fused-ring (bicyclic) bond motifs is 1. The first kappa shape index (κ1) is 11.2. The Morgan fingerprint density at radius 1 is 1.44 bits per heavy atom. The van der Waals surface area contributed by atoms with Crippen molar-refractivity contribution in [3.63, 3.8) is 0 Å². The van der Waals surface area contributed by atoms with Gasteiger partial charge in [-0.2, -0.15) is 0 Å². The Morgan fingerprint density at radius 2 is 2.39 bits per heavy atom. The van der Waals surface area contributed by atoms with E-state index < -0.39 is 0 Å². The fourth-order valence-electron chi connectivity index (χ4n) is 2.47. The van der Waals surface area contributed by atoms with Gasteiger partial charge in [0, 0.05) is 23.9 Å². The zero-order chi connectivity index (χ0) is 12.4. The molecule has 0 saturated heterocycles. The number of rotatable bonds is 3. The molecular formula is C13H15N3O2. The number of H-pyrrole nitrogens is 1. The highest BCUT2D eigenvalue weighted by Gasteiger charge is 2.20. The Labute approximate surface area is 104 Å². The lowest BCUT2D eigenvalue weighted by molar-refractivity contribution is 0.354. The molecule has 3 rings (SSSR count). The van der Waals surface area contributed by atoms with Crippen molar-refractivity contribution in [3.05, 3.63) is 51.8 Å². The fourth-order valence-corrected chi connectivity index (χ4v) is 2.47. The Bertz CT molecular complexity index is 574. The van der Waals surface area contributed by atoms with Crippen LogP contribution in [0.3, 0.4) is 0 Å². The third-order valence-electron chi connectivity index (χ3n) is 3.35. The number of hydrogen-bond donors (Lipinski definition) is 2. The van der Waals surface area contributed by atoms with Gasteiger partial charge in [-0.05, 0) is 24.8 Å². The van der Waals surface area contributed by atoms with Gasteiger partial charge in [0.2, 0.25) is 5.56 Å². The summed E-state index contributed by atoms with van der Waals surface area (Å²) in [6, 6.07) is 5.64. The molecule has 0 aromatic carbocycles. The molecule has 0 fully saturated rings. The normalized spacial score (nSPS) is 18.6. The second-order valence-electron chi connectivity index (χ2n) is 4.56. The van der Waals surface area contributed by atoms with Gasteiger partial charge in [-0.15, -0.1) is 0 Å². The summed E-state index contributed by atoms with van der Waals surface area (Å²) in [5.74, 6) is 0.826. The van der Waals surface area contributed by atoms with Crippen LogP contribution in [0.15, 0.2) is 33.7 Å². The van der Waals surface area contributed by atoms with Crippen molar-refractivity contribution < 1.29 is 4.52 Å². The predicted octanol–water partition coefficient (Wildman–Crippen LogP) is 1.53. The van der Waals surface area contributed by atoms with Gasteiger partial charge >= 0.3 is 0 Å². The van der Waals surface area contributed by atoms with Crippen molar-refractivity contribution in [1.29, 1.82) is 0 Å². The number of aromatic nitrogens is 2. The maximum absolute atomic E-state index is 11.3. The minimum absolute atomic E-state index is 0.0235. The van der Waals surface area contributed by atoms with Gasteiger partial charge in [0.1, 0.15) is 5.76 Å². The molecule has 0 spiro atoms. The summed E-state index contributed by atoms with van der Waals surface area (Å²) in [4.78, 5) is 14.2. The molecule has 1 aliphatic rings. The van der Waals surface area contributed by atoms with Gasteiger partial charge in [0.15, 0.2) is 0 Å². The number of hydrogen-bond acceptors (Lipinski definition) is 4. The lowest BCUT2D eigenvalue weighted by Crippen LogP contribution is -2.26. The van der Waals surface area contributed by atoms with Gasteiger partial charge in [-0.25, -0.2) is 0 Å². The standard InChI is InChI=1S/C13H15N3O2/c17-13-5-4-10-11(2-1-3-12(10)16-13)14-8-9-6-7-15-18-9/h4-7,11,14H,1-3,8H2,(H,16,17). The summed E-state index contributed by atoms with van der Waals surface area (Å²) in [5, 5.41) is 7.12. The molecule has 2 aromatic rings. The van der Waals surface area contributed by atoms with Crippen LogP contribution in [0.25, 0.3) is 0 Å². The first-order chi connectivity index (χ1) is 8.83. The van der Waals surface area contributed by atoms with E-state index in [0.717, 1.165) is 30.7 Å². The second-order valence-corrected chi connectivity index (χ2v) is 4.56. The molecule has 0 amide bonds. The minimum Gasteiger partial charge on any atom is -0.360 e. The highest BCUT2D eigenvalue weighted by atomic mass is 16.5. The number of nitrogens with one attached hydrogen (secondary N) is 2. The van der Waals surface area contributed by atoms with Crippen LogP contribution in [-0.2, 0) is 13.0 Å². The summed E-state index contributed by atoms with van der Waals surface area (Å²) in [6.07, 6.45) is 4.75. The molecule has 1 aliphatic carbocycles. The number of nitrogens with zero attached hydrogens (tertiary/aromatic N) is 1. The lowest BCUT2D eigenvalue weighted by Gasteiger charge is -2.25. The molecule has 0 aliphatic heterocycles. The van der Waals surface area contributed by atoms with E-state index in [2.05, 4.69) is 15.5 Å². The van der Waals surface area contributed by atoms with Crippen molar-refractivity contribution in [2.24, 2.45) is 0 Å². The second kappa shape index (κ2) is 4.78. The maximum Gasteiger partial charge on any atom is 0.248 e. The van der Waals surface area contributed by atoms with Gasteiger partial charge in [-0.3, -0.25) is 4.79 Å². The topological polar surface area (TPSA) is 70.9 Å². The molecular weight excluding hydrogens is 230 g/mol. The van der Waals surface area contributed by atoms with Gasteiger partial charge in [-0.1, -0.05) is 11.2 Å². The maximum atomic E-state index is 11.3. The first-order valence-corrected chi connectivity index (χ1v) is 6.18. The van der Waals surface area contributed by atoms with E-state index in [1.165, 1.54) is 5.56 Å². The van der Waals surface area contributed by atoms with Crippen LogP contribution in [0.5, 0.6) is 0 Å². The monoisotopic (exact) mass is 245 g/mol. The molecule has 2 aromatic heterocycles. The smallest absolute Gasteiger partial charge is 0.248 e. The van der Waals surface area contributed by atoms with Crippen LogP contribution in [0, 0.1) is 0 Å². The Morgan fingerprint density at radius 3 is 3.22 bits per heavy atom. The number of pyridine rings is 1. The Kier molecular flexibility index (Phi) is 2.98. The summed E-state index contributed by atoms with van der Waals surface area (Å²) in [5.41, 5.74) is 2.23. The third kappa shape index (κ3) is 2.22. The number of aryl methyl sites for hydroxylation is 1. The van der Waals surface area contributed by atoms with Crippen LogP contribution < -0.4 is 10.9 Å². The molecule has 0 saturated carbocycles. The van der Waals surface area contributed by atoms with E-state index in [1.807, 2.05) is 12.1 Å². The largest absolute Gasteiger partial charge is 0.360 e. The van der Waals surface area contributed by atoms with Crippen LogP contribution in [0.2, 0.25) is 0 Å². The Balaban J connectivity index is 1.77. The van der Waals surface area contributed by atoms with Gasteiger partial charge in [0.05, 0.1) is 12.7 Å². The summed E-state index contributed by atoms with van der Waals surface area (Å²) in [7, 11) is 0. The van der Waals surface area contributed by atoms with E-state index in [0.29, 0.717) is 6.54 Å². The van der Waals surface area contributed by atoms with Crippen LogP contribution in [0.1, 0.15) is 35.9 Å². The van der Waals surface area contributed by atoms with Crippen molar-refractivity contribution in [3.8, 4) is 0 Å². The van der Waals surface area contributed by atoms with Crippen LogP contribution >= 0.6 is 0 Å². The van der Waals surface area contributed by atoms with E-state index in [1.54, 1.807) is 12.3 Å². The van der Waals surface area contributed by atoms with E-state index in [9.17, 15) is 4.79 Å². The van der Waals surface area contributed by atoms with Gasteiger partial charge in [0.25, 0.3) is 0 Å². The third-order valence-corrected chi connectivity index (χ3v) is 3.35. The van der Waals surface area contributed by atoms with E-state index in [-0.39, 0.29) is 11.6 Å². The molecule has 0 radical (unpaired) electrons. The first-order valence-electron chi connectivity index (χ1n) is 6.18. The molecule has 94 valence electrons. The number of aromatic amines is 1. The van der Waals surface area contributed by atoms with Crippen molar-refractivity contribution in [2.45, 2.75) is 31.8 Å². The minimum atomic E-state index is -0.0235. The quantitative estimate of drug-likeness (QED) is 0.860. The molecule has 0 bridgehead atoms. The summed E-state index contributed by atoms with van der Waals surface area (Å²) in [6.45, 7) is 0.656. The highest BCUT2D eigenvalue weighted by Crippen LogP contribution is 2.27. The van der Waals surface area contributed by atoms with Crippen LogP contribution in [0.4, 0.5) is 0 Å². The average molecular weight is 245 g/mol. The molecule has 18 heavy (non-hydrogen) atoms. The molecule has 5 nitrogen and oxygen atoms in total. The SMILES string of the molecule is O=c1ccc2c([nH]1)CCCC2NCc1ccno1. The molecule has 1 unspecified atom stereocenters. The molecule has 2 N–H and O–H groups in total.